The number of benzene rings is 3. The van der Waals surface area contributed by atoms with Crippen LogP contribution in [-0.4, -0.2) is 6.61 Å². The smallest absolute Gasteiger partial charge is 0.174 e. The SMILES string of the molecule is CCOc1cc(CNc2ccc(C)c(C)c2)cc(I)c1OCc1ccccc1Cl. The number of halogens is 2. The van der Waals surface area contributed by atoms with Gasteiger partial charge >= 0.3 is 0 Å². The third-order valence-electron chi connectivity index (χ3n) is 4.70. The zero-order valence-electron chi connectivity index (χ0n) is 16.9. The summed E-state index contributed by atoms with van der Waals surface area (Å²) >= 11 is 8.56. The van der Waals surface area contributed by atoms with Crippen LogP contribution in [0.15, 0.2) is 54.6 Å². The van der Waals surface area contributed by atoms with Gasteiger partial charge in [0.25, 0.3) is 0 Å². The van der Waals surface area contributed by atoms with Crippen LogP contribution >= 0.6 is 34.2 Å². The van der Waals surface area contributed by atoms with Gasteiger partial charge in [0.1, 0.15) is 6.61 Å². The average Bonchev–Trinajstić information content (AvgIpc) is 2.70. The van der Waals surface area contributed by atoms with Crippen LogP contribution in [0.4, 0.5) is 5.69 Å². The van der Waals surface area contributed by atoms with Gasteiger partial charge in [0.2, 0.25) is 0 Å². The van der Waals surface area contributed by atoms with Gasteiger partial charge in [0, 0.05) is 22.8 Å². The lowest BCUT2D eigenvalue weighted by molar-refractivity contribution is 0.267. The van der Waals surface area contributed by atoms with E-state index >= 15 is 0 Å². The second-order valence-electron chi connectivity index (χ2n) is 6.87. The van der Waals surface area contributed by atoms with Crippen molar-refractivity contribution in [3.63, 3.8) is 0 Å². The van der Waals surface area contributed by atoms with Crippen molar-refractivity contribution < 1.29 is 9.47 Å². The summed E-state index contributed by atoms with van der Waals surface area (Å²) in [6, 6.07) is 18.3. The maximum absolute atomic E-state index is 6.26. The van der Waals surface area contributed by atoms with Crippen LogP contribution in [-0.2, 0) is 13.2 Å². The molecule has 0 atom stereocenters. The molecule has 5 heteroatoms. The number of hydrogen-bond donors (Lipinski definition) is 1. The van der Waals surface area contributed by atoms with Crippen LogP contribution < -0.4 is 14.8 Å². The van der Waals surface area contributed by atoms with E-state index in [0.29, 0.717) is 24.8 Å². The number of aryl methyl sites for hydroxylation is 2. The molecule has 0 amide bonds. The van der Waals surface area contributed by atoms with E-state index in [-0.39, 0.29) is 0 Å². The molecular formula is C24H25ClINO2. The summed E-state index contributed by atoms with van der Waals surface area (Å²) in [5.41, 5.74) is 5.78. The molecule has 0 fully saturated rings. The molecular weight excluding hydrogens is 497 g/mol. The molecule has 0 radical (unpaired) electrons. The lowest BCUT2D eigenvalue weighted by atomic mass is 10.1. The molecule has 3 aromatic rings. The van der Waals surface area contributed by atoms with Gasteiger partial charge < -0.3 is 14.8 Å². The lowest BCUT2D eigenvalue weighted by Gasteiger charge is -2.17. The second-order valence-corrected chi connectivity index (χ2v) is 8.44. The third kappa shape index (κ3) is 5.80. The summed E-state index contributed by atoms with van der Waals surface area (Å²) in [5, 5.41) is 4.20. The molecule has 3 aromatic carbocycles. The predicted molar refractivity (Wildman–Crippen MR) is 129 cm³/mol. The Labute approximate surface area is 191 Å². The van der Waals surface area contributed by atoms with Crippen LogP contribution in [0.2, 0.25) is 5.02 Å². The Balaban J connectivity index is 1.76. The molecule has 0 spiro atoms. The van der Waals surface area contributed by atoms with Crippen molar-refractivity contribution in [1.29, 1.82) is 0 Å². The summed E-state index contributed by atoms with van der Waals surface area (Å²) in [5.74, 6) is 1.51. The van der Waals surface area contributed by atoms with E-state index in [2.05, 4.69) is 66.0 Å². The highest BCUT2D eigenvalue weighted by molar-refractivity contribution is 14.1. The van der Waals surface area contributed by atoms with Crippen molar-refractivity contribution in [2.75, 3.05) is 11.9 Å². The van der Waals surface area contributed by atoms with Crippen LogP contribution in [0, 0.1) is 17.4 Å². The molecule has 0 saturated carbocycles. The van der Waals surface area contributed by atoms with Crippen LogP contribution in [0.1, 0.15) is 29.2 Å². The second kappa shape index (κ2) is 10.2. The van der Waals surface area contributed by atoms with Crippen molar-refractivity contribution in [2.45, 2.75) is 33.9 Å². The van der Waals surface area contributed by atoms with E-state index in [0.717, 1.165) is 31.9 Å². The Kier molecular flexibility index (Phi) is 7.67. The molecule has 0 unspecified atom stereocenters. The van der Waals surface area contributed by atoms with Gasteiger partial charge in [0.05, 0.1) is 10.2 Å². The minimum absolute atomic E-state index is 0.399. The highest BCUT2D eigenvalue weighted by atomic mass is 127. The number of rotatable bonds is 8. The molecule has 3 nitrogen and oxygen atoms in total. The lowest BCUT2D eigenvalue weighted by Crippen LogP contribution is -2.05. The van der Waals surface area contributed by atoms with Gasteiger partial charge in [0.15, 0.2) is 11.5 Å². The van der Waals surface area contributed by atoms with E-state index in [4.69, 9.17) is 21.1 Å². The Morgan fingerprint density at radius 1 is 0.966 bits per heavy atom. The van der Waals surface area contributed by atoms with E-state index in [9.17, 15) is 0 Å². The first-order valence-corrected chi connectivity index (χ1v) is 11.1. The molecule has 0 aliphatic heterocycles. The maximum Gasteiger partial charge on any atom is 0.174 e. The fraction of sp³-hybridized carbons (Fsp3) is 0.250. The van der Waals surface area contributed by atoms with E-state index in [1.807, 2.05) is 37.3 Å². The van der Waals surface area contributed by atoms with Gasteiger partial charge in [-0.25, -0.2) is 0 Å². The minimum Gasteiger partial charge on any atom is -0.490 e. The standard InChI is InChI=1S/C24H25ClINO2/c1-4-28-23-13-18(14-27-20-10-9-16(2)17(3)11-20)12-22(26)24(23)29-15-19-7-5-6-8-21(19)25/h5-13,27H,4,14-15H2,1-3H3. The number of nitrogens with one attached hydrogen (secondary N) is 1. The zero-order chi connectivity index (χ0) is 20.8. The number of anilines is 1. The quantitative estimate of drug-likeness (QED) is 0.319. The molecule has 0 aliphatic rings. The summed E-state index contributed by atoms with van der Waals surface area (Å²) < 4.78 is 13.0. The number of ether oxygens (including phenoxy) is 2. The van der Waals surface area contributed by atoms with E-state index < -0.39 is 0 Å². The third-order valence-corrected chi connectivity index (χ3v) is 5.87. The van der Waals surface area contributed by atoms with Crippen LogP contribution in [0.5, 0.6) is 11.5 Å². The molecule has 0 aromatic heterocycles. The topological polar surface area (TPSA) is 30.5 Å². The fourth-order valence-corrected chi connectivity index (χ4v) is 3.96. The van der Waals surface area contributed by atoms with Crippen molar-refractivity contribution in [3.05, 3.63) is 85.4 Å². The monoisotopic (exact) mass is 521 g/mol. The van der Waals surface area contributed by atoms with Gasteiger partial charge in [-0.1, -0.05) is 35.9 Å². The maximum atomic E-state index is 6.26. The molecule has 0 heterocycles. The first-order chi connectivity index (χ1) is 14.0. The highest BCUT2D eigenvalue weighted by Gasteiger charge is 2.13. The molecule has 152 valence electrons. The van der Waals surface area contributed by atoms with Crippen molar-refractivity contribution in [1.82, 2.24) is 0 Å². The van der Waals surface area contributed by atoms with Gasteiger partial charge in [-0.2, -0.15) is 0 Å². The van der Waals surface area contributed by atoms with Crippen molar-refractivity contribution >= 4 is 39.9 Å². The Hall–Kier alpha value is -1.92. The number of hydrogen-bond acceptors (Lipinski definition) is 3. The predicted octanol–water partition coefficient (Wildman–Crippen LogP) is 7.15. The molecule has 29 heavy (non-hydrogen) atoms. The summed E-state index contributed by atoms with van der Waals surface area (Å²) in [6.07, 6.45) is 0. The Morgan fingerprint density at radius 2 is 1.76 bits per heavy atom. The Morgan fingerprint density at radius 3 is 2.48 bits per heavy atom. The van der Waals surface area contributed by atoms with Crippen molar-refractivity contribution in [2.24, 2.45) is 0 Å². The molecule has 1 N–H and O–H groups in total. The molecule has 0 saturated heterocycles. The van der Waals surface area contributed by atoms with Gasteiger partial charge in [-0.05, 0) is 90.4 Å². The van der Waals surface area contributed by atoms with Gasteiger partial charge in [-0.15, -0.1) is 0 Å². The Bertz CT molecular complexity index is 991. The fourth-order valence-electron chi connectivity index (χ4n) is 2.95. The summed E-state index contributed by atoms with van der Waals surface area (Å²) in [7, 11) is 0. The first-order valence-electron chi connectivity index (χ1n) is 9.60. The highest BCUT2D eigenvalue weighted by Crippen LogP contribution is 2.35. The summed E-state index contributed by atoms with van der Waals surface area (Å²) in [6.45, 7) is 7.91. The largest absolute Gasteiger partial charge is 0.490 e. The average molecular weight is 522 g/mol. The van der Waals surface area contributed by atoms with Crippen molar-refractivity contribution in [3.8, 4) is 11.5 Å². The summed E-state index contributed by atoms with van der Waals surface area (Å²) in [4.78, 5) is 0. The molecule has 3 rings (SSSR count). The molecule has 0 aliphatic carbocycles. The van der Waals surface area contributed by atoms with Crippen LogP contribution in [0.25, 0.3) is 0 Å². The van der Waals surface area contributed by atoms with E-state index in [1.165, 1.54) is 11.1 Å². The first kappa shape index (κ1) is 21.8. The van der Waals surface area contributed by atoms with Crippen LogP contribution in [0.3, 0.4) is 0 Å². The normalized spacial score (nSPS) is 10.7. The molecule has 0 bridgehead atoms. The minimum atomic E-state index is 0.399. The zero-order valence-corrected chi connectivity index (χ0v) is 19.8. The van der Waals surface area contributed by atoms with E-state index in [1.54, 1.807) is 0 Å². The van der Waals surface area contributed by atoms with Gasteiger partial charge in [-0.3, -0.25) is 0 Å².